The number of hydrogen-bond donors (Lipinski definition) is 1. The van der Waals surface area contributed by atoms with Crippen LogP contribution in [-0.4, -0.2) is 37.5 Å². The molecule has 23 heavy (non-hydrogen) atoms. The van der Waals surface area contributed by atoms with Crippen molar-refractivity contribution in [3.05, 3.63) is 34.5 Å². The second-order valence-corrected chi connectivity index (χ2v) is 5.27. The van der Waals surface area contributed by atoms with Crippen LogP contribution in [0.1, 0.15) is 21.6 Å². The van der Waals surface area contributed by atoms with E-state index in [0.29, 0.717) is 16.8 Å². The molecule has 2 N–H and O–H groups in total. The van der Waals surface area contributed by atoms with E-state index in [1.165, 1.54) is 10.9 Å². The van der Waals surface area contributed by atoms with Gasteiger partial charge in [-0.25, -0.2) is 9.55 Å². The lowest BCUT2D eigenvalue weighted by Gasteiger charge is -2.11. The smallest absolute Gasteiger partial charge is 0.283 e. The van der Waals surface area contributed by atoms with Crippen LogP contribution < -0.4 is 10.5 Å². The molecule has 118 valence electrons. The fourth-order valence-electron chi connectivity index (χ4n) is 2.39. The van der Waals surface area contributed by atoms with E-state index in [9.17, 15) is 4.79 Å². The lowest BCUT2D eigenvalue weighted by molar-refractivity contribution is 0.0958. The number of rotatable bonds is 2. The Labute approximate surface area is 136 Å². The van der Waals surface area contributed by atoms with E-state index in [-0.39, 0.29) is 22.4 Å². The molecule has 3 rings (SSSR count). The number of ether oxygens (including phenoxy) is 1. The van der Waals surface area contributed by atoms with Crippen LogP contribution in [-0.2, 0) is 0 Å². The van der Waals surface area contributed by atoms with Gasteiger partial charge < -0.3 is 10.5 Å². The van der Waals surface area contributed by atoms with Crippen molar-refractivity contribution in [1.82, 2.24) is 24.5 Å². The number of nitrogens with two attached hydrogens (primary N) is 1. The SMILES string of the molecule is COc1c(C)cnc(C(=O)n2cnc3c(Cl)nc(N)nc32)c1C. The molecule has 8 nitrogen and oxygen atoms in total. The number of carbonyl (C=O) groups excluding carboxylic acids is 1. The Kier molecular flexibility index (Phi) is 3.61. The topological polar surface area (TPSA) is 109 Å². The number of hydrogen-bond acceptors (Lipinski definition) is 7. The summed E-state index contributed by atoms with van der Waals surface area (Å²) < 4.78 is 6.57. The molecule has 0 aromatic carbocycles. The third-order valence-electron chi connectivity index (χ3n) is 3.44. The summed E-state index contributed by atoms with van der Waals surface area (Å²) in [5.74, 6) is 0.167. The fourth-order valence-corrected chi connectivity index (χ4v) is 2.61. The minimum absolute atomic E-state index is 0.0387. The number of anilines is 1. The van der Waals surface area contributed by atoms with Crippen LogP contribution in [0.5, 0.6) is 5.75 Å². The summed E-state index contributed by atoms with van der Waals surface area (Å²) in [6.45, 7) is 3.62. The molecule has 0 fully saturated rings. The van der Waals surface area contributed by atoms with E-state index in [1.54, 1.807) is 20.2 Å². The van der Waals surface area contributed by atoms with Gasteiger partial charge >= 0.3 is 0 Å². The van der Waals surface area contributed by atoms with E-state index in [2.05, 4.69) is 19.9 Å². The molecular formula is C14H13ClN6O2. The maximum atomic E-state index is 12.8. The van der Waals surface area contributed by atoms with Gasteiger partial charge in [-0.3, -0.25) is 9.78 Å². The van der Waals surface area contributed by atoms with Crippen molar-refractivity contribution in [2.75, 3.05) is 12.8 Å². The van der Waals surface area contributed by atoms with E-state index >= 15 is 0 Å². The standard InChI is InChI=1S/C14H13ClN6O2/c1-6-4-17-8(7(2)10(6)23-3)13(22)21-5-18-9-11(15)19-14(16)20-12(9)21/h4-5H,1-3H3,(H2,16,19,20). The summed E-state index contributed by atoms with van der Waals surface area (Å²) in [6, 6.07) is 0. The summed E-state index contributed by atoms with van der Waals surface area (Å²) >= 11 is 5.97. The second kappa shape index (κ2) is 5.47. The van der Waals surface area contributed by atoms with Crippen molar-refractivity contribution in [1.29, 1.82) is 0 Å². The summed E-state index contributed by atoms with van der Waals surface area (Å²) in [7, 11) is 1.55. The number of aryl methyl sites for hydroxylation is 1. The third-order valence-corrected chi connectivity index (χ3v) is 3.70. The molecule has 0 unspecified atom stereocenters. The summed E-state index contributed by atoms with van der Waals surface area (Å²) in [5.41, 5.74) is 7.83. The molecule has 3 heterocycles. The van der Waals surface area contributed by atoms with Crippen LogP contribution in [0, 0.1) is 13.8 Å². The molecule has 0 bridgehead atoms. The van der Waals surface area contributed by atoms with Gasteiger partial charge in [0.05, 0.1) is 7.11 Å². The summed E-state index contributed by atoms with van der Waals surface area (Å²) in [6.07, 6.45) is 2.90. The predicted molar refractivity (Wildman–Crippen MR) is 84.7 cm³/mol. The van der Waals surface area contributed by atoms with Crippen molar-refractivity contribution in [3.63, 3.8) is 0 Å². The Morgan fingerprint density at radius 2 is 2.04 bits per heavy atom. The van der Waals surface area contributed by atoms with Gasteiger partial charge in [-0.15, -0.1) is 0 Å². The molecular weight excluding hydrogens is 320 g/mol. The van der Waals surface area contributed by atoms with Crippen molar-refractivity contribution >= 4 is 34.6 Å². The van der Waals surface area contributed by atoms with Crippen molar-refractivity contribution in [2.45, 2.75) is 13.8 Å². The number of halogens is 1. The zero-order valence-corrected chi connectivity index (χ0v) is 13.4. The van der Waals surface area contributed by atoms with Gasteiger partial charge in [0, 0.05) is 17.3 Å². The van der Waals surface area contributed by atoms with Crippen LogP contribution in [0.25, 0.3) is 11.2 Å². The Hall–Kier alpha value is -2.74. The number of nitrogen functional groups attached to an aromatic ring is 1. The molecule has 3 aromatic heterocycles. The first kappa shape index (κ1) is 15.2. The average molecular weight is 333 g/mol. The van der Waals surface area contributed by atoms with Gasteiger partial charge in [-0.2, -0.15) is 9.97 Å². The van der Waals surface area contributed by atoms with Gasteiger partial charge in [-0.05, 0) is 13.8 Å². The molecule has 0 amide bonds. The Bertz CT molecular complexity index is 937. The van der Waals surface area contributed by atoms with E-state index in [4.69, 9.17) is 22.1 Å². The largest absolute Gasteiger partial charge is 0.496 e. The number of nitrogens with zero attached hydrogens (tertiary/aromatic N) is 5. The summed E-state index contributed by atoms with van der Waals surface area (Å²) in [4.78, 5) is 28.9. The number of fused-ring (bicyclic) bond motifs is 1. The first-order valence-corrected chi connectivity index (χ1v) is 7.02. The summed E-state index contributed by atoms with van der Waals surface area (Å²) in [5, 5.41) is 0.0882. The van der Waals surface area contributed by atoms with Crippen LogP contribution in [0.2, 0.25) is 5.15 Å². The Morgan fingerprint density at radius 3 is 2.74 bits per heavy atom. The highest BCUT2D eigenvalue weighted by Crippen LogP contribution is 2.26. The fraction of sp³-hybridized carbons (Fsp3) is 0.214. The predicted octanol–water partition coefficient (Wildman–Crippen LogP) is 1.77. The molecule has 0 spiro atoms. The number of pyridine rings is 1. The molecule has 9 heteroatoms. The maximum Gasteiger partial charge on any atom is 0.283 e. The first-order valence-electron chi connectivity index (χ1n) is 6.65. The highest BCUT2D eigenvalue weighted by Gasteiger charge is 2.21. The zero-order chi connectivity index (χ0) is 16.7. The molecule has 0 aliphatic heterocycles. The van der Waals surface area contributed by atoms with Crippen molar-refractivity contribution < 1.29 is 9.53 Å². The lowest BCUT2D eigenvalue weighted by Crippen LogP contribution is -2.16. The van der Waals surface area contributed by atoms with Crippen molar-refractivity contribution in [2.24, 2.45) is 0 Å². The van der Waals surface area contributed by atoms with E-state index in [0.717, 1.165) is 5.56 Å². The van der Waals surface area contributed by atoms with Crippen LogP contribution >= 0.6 is 11.6 Å². The van der Waals surface area contributed by atoms with Crippen LogP contribution in [0.3, 0.4) is 0 Å². The maximum absolute atomic E-state index is 12.8. The molecule has 0 radical (unpaired) electrons. The molecule has 3 aromatic rings. The quantitative estimate of drug-likeness (QED) is 0.712. The van der Waals surface area contributed by atoms with Gasteiger partial charge in [0.25, 0.3) is 5.91 Å². The van der Waals surface area contributed by atoms with Gasteiger partial charge in [0.2, 0.25) is 5.95 Å². The number of aromatic nitrogens is 5. The first-order chi connectivity index (χ1) is 10.9. The monoisotopic (exact) mass is 332 g/mol. The minimum Gasteiger partial charge on any atom is -0.496 e. The molecule has 0 saturated heterocycles. The normalized spacial score (nSPS) is 11.0. The third kappa shape index (κ3) is 2.36. The number of imidazole rings is 1. The molecule has 0 atom stereocenters. The lowest BCUT2D eigenvalue weighted by atomic mass is 10.1. The van der Waals surface area contributed by atoms with Gasteiger partial charge in [-0.1, -0.05) is 11.6 Å². The number of carbonyl (C=O) groups is 1. The van der Waals surface area contributed by atoms with Gasteiger partial charge in [0.15, 0.2) is 10.8 Å². The Balaban J connectivity index is 2.19. The molecule has 0 aliphatic carbocycles. The zero-order valence-electron chi connectivity index (χ0n) is 12.7. The second-order valence-electron chi connectivity index (χ2n) is 4.91. The minimum atomic E-state index is -0.405. The number of methoxy groups -OCH3 is 1. The van der Waals surface area contributed by atoms with E-state index in [1.807, 2.05) is 6.92 Å². The Morgan fingerprint density at radius 1 is 1.30 bits per heavy atom. The van der Waals surface area contributed by atoms with Crippen LogP contribution in [0.15, 0.2) is 12.5 Å². The highest BCUT2D eigenvalue weighted by molar-refractivity contribution is 6.33. The average Bonchev–Trinajstić information content (AvgIpc) is 2.91. The van der Waals surface area contributed by atoms with Gasteiger partial charge in [0.1, 0.15) is 23.3 Å². The van der Waals surface area contributed by atoms with Crippen molar-refractivity contribution in [3.8, 4) is 5.75 Å². The highest BCUT2D eigenvalue weighted by atomic mass is 35.5. The van der Waals surface area contributed by atoms with E-state index < -0.39 is 5.91 Å². The van der Waals surface area contributed by atoms with Crippen LogP contribution in [0.4, 0.5) is 5.95 Å². The molecule has 0 aliphatic rings. The molecule has 0 saturated carbocycles.